The van der Waals surface area contributed by atoms with Gasteiger partial charge in [0.25, 0.3) is 0 Å². The van der Waals surface area contributed by atoms with Gasteiger partial charge in [0.1, 0.15) is 0 Å². The van der Waals surface area contributed by atoms with E-state index in [0.29, 0.717) is 24.5 Å². The van der Waals surface area contributed by atoms with Crippen LogP contribution in [-0.4, -0.2) is 31.7 Å². The zero-order valence-corrected chi connectivity index (χ0v) is 16.0. The van der Waals surface area contributed by atoms with E-state index < -0.39 is 0 Å². The summed E-state index contributed by atoms with van der Waals surface area (Å²) in [6.45, 7) is 2.73. The van der Waals surface area contributed by atoms with Crippen LogP contribution in [0.2, 0.25) is 0 Å². The number of aromatic nitrogens is 1. The SMILES string of the molecule is CCCNC(=O)C[C@H](c1ccc(OC)c(OC)c1)c1c[nH]c2ccccc12. The quantitative estimate of drug-likeness (QED) is 0.627. The smallest absolute Gasteiger partial charge is 0.220 e. The van der Waals surface area contributed by atoms with Gasteiger partial charge in [-0.3, -0.25) is 4.79 Å². The van der Waals surface area contributed by atoms with Crippen molar-refractivity contribution in [3.63, 3.8) is 0 Å². The lowest BCUT2D eigenvalue weighted by atomic mass is 9.87. The van der Waals surface area contributed by atoms with Gasteiger partial charge in [-0.15, -0.1) is 0 Å². The minimum absolute atomic E-state index is 0.0434. The number of ether oxygens (including phenoxy) is 2. The van der Waals surface area contributed by atoms with E-state index in [1.54, 1.807) is 14.2 Å². The summed E-state index contributed by atoms with van der Waals surface area (Å²) in [5, 5.41) is 4.11. The molecule has 0 aliphatic carbocycles. The Morgan fingerprint density at radius 1 is 1.11 bits per heavy atom. The molecule has 0 bridgehead atoms. The number of carbonyl (C=O) groups is 1. The van der Waals surface area contributed by atoms with Gasteiger partial charge in [0, 0.05) is 36.0 Å². The molecular formula is C22H26N2O3. The molecule has 0 aliphatic rings. The van der Waals surface area contributed by atoms with Crippen molar-refractivity contribution in [3.8, 4) is 11.5 Å². The van der Waals surface area contributed by atoms with Gasteiger partial charge in [0.05, 0.1) is 14.2 Å². The van der Waals surface area contributed by atoms with E-state index in [1.807, 2.05) is 49.5 Å². The minimum Gasteiger partial charge on any atom is -0.493 e. The highest BCUT2D eigenvalue weighted by Gasteiger charge is 2.22. The van der Waals surface area contributed by atoms with Crippen molar-refractivity contribution in [2.75, 3.05) is 20.8 Å². The predicted molar refractivity (Wildman–Crippen MR) is 108 cm³/mol. The molecule has 1 heterocycles. The molecule has 3 rings (SSSR count). The number of aromatic amines is 1. The van der Waals surface area contributed by atoms with Crippen molar-refractivity contribution in [1.29, 1.82) is 0 Å². The summed E-state index contributed by atoms with van der Waals surface area (Å²) in [5.41, 5.74) is 3.18. The Morgan fingerprint density at radius 2 is 1.89 bits per heavy atom. The highest BCUT2D eigenvalue weighted by molar-refractivity contribution is 5.86. The summed E-state index contributed by atoms with van der Waals surface area (Å²) < 4.78 is 10.8. The summed E-state index contributed by atoms with van der Waals surface area (Å²) in [5.74, 6) is 1.29. The lowest BCUT2D eigenvalue weighted by molar-refractivity contribution is -0.121. The van der Waals surface area contributed by atoms with Gasteiger partial charge < -0.3 is 19.8 Å². The third-order valence-corrected chi connectivity index (χ3v) is 4.77. The predicted octanol–water partition coefficient (Wildman–Crippen LogP) is 4.23. The van der Waals surface area contributed by atoms with Crippen LogP contribution in [0, 0.1) is 0 Å². The van der Waals surface area contributed by atoms with Gasteiger partial charge in [-0.05, 0) is 35.7 Å². The number of hydrogen-bond acceptors (Lipinski definition) is 3. The molecule has 0 unspecified atom stereocenters. The zero-order valence-electron chi connectivity index (χ0n) is 16.0. The number of fused-ring (bicyclic) bond motifs is 1. The molecule has 3 aromatic rings. The number of nitrogens with one attached hydrogen (secondary N) is 2. The first-order valence-electron chi connectivity index (χ1n) is 9.22. The largest absolute Gasteiger partial charge is 0.493 e. The third-order valence-electron chi connectivity index (χ3n) is 4.77. The monoisotopic (exact) mass is 366 g/mol. The van der Waals surface area contributed by atoms with Crippen LogP contribution in [0.5, 0.6) is 11.5 Å². The van der Waals surface area contributed by atoms with Crippen LogP contribution in [0.4, 0.5) is 0 Å². The molecule has 0 saturated carbocycles. The molecule has 0 radical (unpaired) electrons. The molecule has 5 nitrogen and oxygen atoms in total. The lowest BCUT2D eigenvalue weighted by Crippen LogP contribution is -2.26. The summed E-state index contributed by atoms with van der Waals surface area (Å²) in [4.78, 5) is 15.8. The van der Waals surface area contributed by atoms with Crippen molar-refractivity contribution in [2.45, 2.75) is 25.7 Å². The lowest BCUT2D eigenvalue weighted by Gasteiger charge is -2.19. The molecule has 1 aromatic heterocycles. The molecule has 0 fully saturated rings. The molecule has 5 heteroatoms. The molecule has 142 valence electrons. The van der Waals surface area contributed by atoms with Crippen LogP contribution in [0.15, 0.2) is 48.7 Å². The van der Waals surface area contributed by atoms with Crippen LogP contribution in [0.25, 0.3) is 10.9 Å². The number of amides is 1. The Hall–Kier alpha value is -2.95. The normalized spacial score (nSPS) is 12.0. The Labute approximate surface area is 159 Å². The maximum Gasteiger partial charge on any atom is 0.220 e. The van der Waals surface area contributed by atoms with E-state index in [4.69, 9.17) is 9.47 Å². The highest BCUT2D eigenvalue weighted by atomic mass is 16.5. The van der Waals surface area contributed by atoms with Crippen LogP contribution in [-0.2, 0) is 4.79 Å². The van der Waals surface area contributed by atoms with Crippen molar-refractivity contribution in [3.05, 3.63) is 59.8 Å². The van der Waals surface area contributed by atoms with E-state index in [2.05, 4.69) is 16.4 Å². The molecule has 0 aliphatic heterocycles. The summed E-state index contributed by atoms with van der Waals surface area (Å²) in [7, 11) is 3.24. The number of carbonyl (C=O) groups excluding carboxylic acids is 1. The van der Waals surface area contributed by atoms with E-state index >= 15 is 0 Å². The molecule has 0 spiro atoms. The molecule has 2 N–H and O–H groups in total. The number of para-hydroxylation sites is 1. The van der Waals surface area contributed by atoms with Gasteiger partial charge in [-0.2, -0.15) is 0 Å². The second-order valence-electron chi connectivity index (χ2n) is 6.51. The fourth-order valence-electron chi connectivity index (χ4n) is 3.38. The zero-order chi connectivity index (χ0) is 19.2. The van der Waals surface area contributed by atoms with Gasteiger partial charge in [0.15, 0.2) is 11.5 Å². The van der Waals surface area contributed by atoms with Gasteiger partial charge in [0.2, 0.25) is 5.91 Å². The summed E-state index contributed by atoms with van der Waals surface area (Å²) >= 11 is 0. The van der Waals surface area contributed by atoms with E-state index in [-0.39, 0.29) is 11.8 Å². The number of H-pyrrole nitrogens is 1. The van der Waals surface area contributed by atoms with Crippen LogP contribution >= 0.6 is 0 Å². The standard InChI is InChI=1S/C22H26N2O3/c1-4-11-23-22(25)13-17(15-9-10-20(26-2)21(12-15)27-3)18-14-24-19-8-6-5-7-16(18)19/h5-10,12,14,17,24H,4,11,13H2,1-3H3,(H,23,25)/t17-/m1/s1. The Kier molecular flexibility index (Phi) is 6.01. The molecule has 1 atom stereocenters. The van der Waals surface area contributed by atoms with Gasteiger partial charge in [-0.25, -0.2) is 0 Å². The van der Waals surface area contributed by atoms with Crippen molar-refractivity contribution in [1.82, 2.24) is 10.3 Å². The van der Waals surface area contributed by atoms with Crippen molar-refractivity contribution >= 4 is 16.8 Å². The number of benzene rings is 2. The van der Waals surface area contributed by atoms with Crippen molar-refractivity contribution in [2.24, 2.45) is 0 Å². The first-order valence-corrected chi connectivity index (χ1v) is 9.22. The second kappa shape index (κ2) is 8.62. The number of rotatable bonds is 8. The molecule has 1 amide bonds. The van der Waals surface area contributed by atoms with Crippen LogP contribution < -0.4 is 14.8 Å². The first-order chi connectivity index (χ1) is 13.2. The van der Waals surface area contributed by atoms with Gasteiger partial charge >= 0.3 is 0 Å². The Morgan fingerprint density at radius 3 is 2.63 bits per heavy atom. The molecule has 0 saturated heterocycles. The molecule has 2 aromatic carbocycles. The average molecular weight is 366 g/mol. The minimum atomic E-state index is -0.0854. The maximum atomic E-state index is 12.5. The number of methoxy groups -OCH3 is 2. The first kappa shape index (κ1) is 18.8. The van der Waals surface area contributed by atoms with Gasteiger partial charge in [-0.1, -0.05) is 31.2 Å². The Balaban J connectivity index is 2.03. The maximum absolute atomic E-state index is 12.5. The van der Waals surface area contributed by atoms with E-state index in [1.165, 1.54) is 0 Å². The topological polar surface area (TPSA) is 63.4 Å². The molecular weight excluding hydrogens is 340 g/mol. The van der Waals surface area contributed by atoms with Crippen LogP contribution in [0.1, 0.15) is 36.8 Å². The van der Waals surface area contributed by atoms with Crippen molar-refractivity contribution < 1.29 is 14.3 Å². The Bertz CT molecular complexity index is 917. The third kappa shape index (κ3) is 4.08. The summed E-state index contributed by atoms with van der Waals surface area (Å²) in [6.07, 6.45) is 3.29. The average Bonchev–Trinajstić information content (AvgIpc) is 3.13. The second-order valence-corrected chi connectivity index (χ2v) is 6.51. The van der Waals surface area contributed by atoms with Crippen LogP contribution in [0.3, 0.4) is 0 Å². The fourth-order valence-corrected chi connectivity index (χ4v) is 3.38. The fraction of sp³-hybridized carbons (Fsp3) is 0.318. The highest BCUT2D eigenvalue weighted by Crippen LogP contribution is 2.37. The van der Waals surface area contributed by atoms with E-state index in [9.17, 15) is 4.79 Å². The van der Waals surface area contributed by atoms with E-state index in [0.717, 1.165) is 28.5 Å². The summed E-state index contributed by atoms with van der Waals surface area (Å²) in [6, 6.07) is 14.0. The number of hydrogen-bond donors (Lipinski definition) is 2. The molecule has 27 heavy (non-hydrogen) atoms.